The highest BCUT2D eigenvalue weighted by Gasteiger charge is 2.26. The van der Waals surface area contributed by atoms with Crippen LogP contribution in [-0.4, -0.2) is 38.9 Å². The molecular formula is C18H19N5O4S. The number of aliphatic imine (C=N–C) groups is 1. The number of nitrogens with one attached hydrogen (secondary N) is 3. The number of benzene rings is 2. The van der Waals surface area contributed by atoms with Crippen molar-refractivity contribution in [3.05, 3.63) is 54.1 Å². The molecule has 0 saturated heterocycles. The van der Waals surface area contributed by atoms with Crippen LogP contribution in [0.3, 0.4) is 0 Å². The number of aryl methyl sites for hydroxylation is 1. The standard InChI is InChI=1S/C18H19N5O4S/c1-12-7-9-13(10-8-12)23-16(24)11-19-17(21-23)18(25)20-14-5-3-4-6-15(14)22-28(2,26)27/h3-10,22H,11H2,1-2H3,(H,19,21)(H,20,25). The Balaban J connectivity index is 1.78. The van der Waals surface area contributed by atoms with Crippen LogP contribution in [0.5, 0.6) is 0 Å². The number of amides is 2. The Morgan fingerprint density at radius 3 is 2.39 bits per heavy atom. The largest absolute Gasteiger partial charge is 0.317 e. The number of para-hydroxylation sites is 2. The molecule has 0 radical (unpaired) electrons. The van der Waals surface area contributed by atoms with Gasteiger partial charge in [-0.05, 0) is 31.2 Å². The summed E-state index contributed by atoms with van der Waals surface area (Å²) in [7, 11) is -3.52. The number of hydrazine groups is 1. The third kappa shape index (κ3) is 4.65. The first-order chi connectivity index (χ1) is 13.2. The summed E-state index contributed by atoms with van der Waals surface area (Å²) in [5.74, 6) is -0.971. The van der Waals surface area contributed by atoms with Crippen molar-refractivity contribution in [1.82, 2.24) is 5.43 Å². The van der Waals surface area contributed by atoms with Gasteiger partial charge < -0.3 is 5.32 Å². The number of carbonyl (C=O) groups excluding carboxylic acids is 2. The van der Waals surface area contributed by atoms with Gasteiger partial charge in [-0.2, -0.15) is 0 Å². The van der Waals surface area contributed by atoms with Crippen molar-refractivity contribution in [2.45, 2.75) is 6.92 Å². The first-order valence-corrected chi connectivity index (χ1v) is 10.2. The molecule has 0 fully saturated rings. The Kier molecular flexibility index (Phi) is 5.32. The van der Waals surface area contributed by atoms with E-state index in [0.717, 1.165) is 11.8 Å². The summed E-state index contributed by atoms with van der Waals surface area (Å²) in [4.78, 5) is 28.7. The van der Waals surface area contributed by atoms with Crippen LogP contribution in [0.2, 0.25) is 0 Å². The lowest BCUT2D eigenvalue weighted by Crippen LogP contribution is -2.54. The van der Waals surface area contributed by atoms with Gasteiger partial charge in [0, 0.05) is 0 Å². The van der Waals surface area contributed by atoms with Crippen LogP contribution < -0.4 is 20.5 Å². The molecule has 1 heterocycles. The average molecular weight is 401 g/mol. The smallest absolute Gasteiger partial charge is 0.292 e. The van der Waals surface area contributed by atoms with Crippen LogP contribution >= 0.6 is 0 Å². The molecule has 9 nitrogen and oxygen atoms in total. The van der Waals surface area contributed by atoms with Crippen molar-refractivity contribution in [3.63, 3.8) is 0 Å². The molecule has 0 spiro atoms. The van der Waals surface area contributed by atoms with E-state index < -0.39 is 15.9 Å². The van der Waals surface area contributed by atoms with Gasteiger partial charge in [-0.15, -0.1) is 0 Å². The maximum atomic E-state index is 12.6. The molecule has 2 aromatic carbocycles. The SMILES string of the molecule is Cc1ccc(N2NC(C(=O)Nc3ccccc3NS(C)(=O)=O)=NCC2=O)cc1. The number of carbonyl (C=O) groups is 2. The molecule has 2 aromatic rings. The van der Waals surface area contributed by atoms with E-state index in [2.05, 4.69) is 20.5 Å². The van der Waals surface area contributed by atoms with E-state index in [-0.39, 0.29) is 29.7 Å². The van der Waals surface area contributed by atoms with Crippen LogP contribution in [0.4, 0.5) is 17.1 Å². The molecule has 28 heavy (non-hydrogen) atoms. The maximum Gasteiger partial charge on any atom is 0.292 e. The monoisotopic (exact) mass is 401 g/mol. The lowest BCUT2D eigenvalue weighted by molar-refractivity contribution is -0.118. The molecular weight excluding hydrogens is 382 g/mol. The van der Waals surface area contributed by atoms with Crippen LogP contribution in [0.1, 0.15) is 5.56 Å². The summed E-state index contributed by atoms with van der Waals surface area (Å²) < 4.78 is 25.3. The zero-order chi connectivity index (χ0) is 20.3. The third-order valence-electron chi connectivity index (χ3n) is 3.82. The van der Waals surface area contributed by atoms with E-state index in [9.17, 15) is 18.0 Å². The van der Waals surface area contributed by atoms with Crippen LogP contribution in [0, 0.1) is 6.92 Å². The van der Waals surface area contributed by atoms with Crippen LogP contribution in [0.15, 0.2) is 53.5 Å². The minimum absolute atomic E-state index is 0.0608. The number of rotatable bonds is 5. The summed E-state index contributed by atoms with van der Waals surface area (Å²) in [6, 6.07) is 13.6. The highest BCUT2D eigenvalue weighted by molar-refractivity contribution is 7.92. The van der Waals surface area contributed by atoms with E-state index in [4.69, 9.17) is 0 Å². The number of sulfonamides is 1. The van der Waals surface area contributed by atoms with Gasteiger partial charge in [-0.25, -0.2) is 13.4 Å². The minimum Gasteiger partial charge on any atom is -0.317 e. The van der Waals surface area contributed by atoms with E-state index in [1.54, 1.807) is 30.3 Å². The van der Waals surface area contributed by atoms with E-state index in [0.29, 0.717) is 5.69 Å². The Morgan fingerprint density at radius 1 is 1.11 bits per heavy atom. The summed E-state index contributed by atoms with van der Waals surface area (Å²) in [5, 5.41) is 3.85. The zero-order valence-electron chi connectivity index (χ0n) is 15.3. The van der Waals surface area contributed by atoms with Gasteiger partial charge in [-0.1, -0.05) is 29.8 Å². The van der Waals surface area contributed by atoms with Crippen molar-refractivity contribution < 1.29 is 18.0 Å². The summed E-state index contributed by atoms with van der Waals surface area (Å²) in [5.41, 5.74) is 4.81. The van der Waals surface area contributed by atoms with E-state index >= 15 is 0 Å². The number of nitrogens with zero attached hydrogens (tertiary/aromatic N) is 2. The summed E-state index contributed by atoms with van der Waals surface area (Å²) >= 11 is 0. The lowest BCUT2D eigenvalue weighted by Gasteiger charge is -2.27. The number of hydrogen-bond donors (Lipinski definition) is 3. The summed E-state index contributed by atoms with van der Waals surface area (Å²) in [6.45, 7) is 1.74. The minimum atomic E-state index is -3.52. The Hall–Kier alpha value is -3.40. The Labute approximate surface area is 162 Å². The molecule has 10 heteroatoms. The summed E-state index contributed by atoms with van der Waals surface area (Å²) in [6.07, 6.45) is 1.02. The molecule has 0 bridgehead atoms. The van der Waals surface area contributed by atoms with E-state index in [1.165, 1.54) is 11.1 Å². The highest BCUT2D eigenvalue weighted by atomic mass is 32.2. The molecule has 0 aromatic heterocycles. The molecule has 0 saturated carbocycles. The van der Waals surface area contributed by atoms with Crippen LogP contribution in [0.25, 0.3) is 0 Å². The molecule has 0 aliphatic carbocycles. The van der Waals surface area contributed by atoms with Crippen molar-refractivity contribution >= 4 is 44.7 Å². The van der Waals surface area contributed by atoms with Gasteiger partial charge in [-0.3, -0.25) is 24.7 Å². The first kappa shape index (κ1) is 19.4. The van der Waals surface area contributed by atoms with Crippen molar-refractivity contribution in [2.24, 2.45) is 4.99 Å². The normalized spacial score (nSPS) is 14.1. The second-order valence-electron chi connectivity index (χ2n) is 6.22. The van der Waals surface area contributed by atoms with Crippen LogP contribution in [-0.2, 0) is 19.6 Å². The van der Waals surface area contributed by atoms with Crippen molar-refractivity contribution in [2.75, 3.05) is 27.8 Å². The average Bonchev–Trinajstić information content (AvgIpc) is 2.63. The molecule has 0 unspecified atom stereocenters. The second kappa shape index (κ2) is 7.69. The predicted molar refractivity (Wildman–Crippen MR) is 108 cm³/mol. The third-order valence-corrected chi connectivity index (χ3v) is 4.41. The molecule has 1 aliphatic heterocycles. The molecule has 0 atom stereocenters. The highest BCUT2D eigenvalue weighted by Crippen LogP contribution is 2.22. The fourth-order valence-corrected chi connectivity index (χ4v) is 3.09. The van der Waals surface area contributed by atoms with Gasteiger partial charge >= 0.3 is 0 Å². The number of amidine groups is 1. The van der Waals surface area contributed by atoms with E-state index in [1.807, 2.05) is 19.1 Å². The molecule has 3 rings (SSSR count). The molecule has 3 N–H and O–H groups in total. The number of anilines is 3. The van der Waals surface area contributed by atoms with Gasteiger partial charge in [0.2, 0.25) is 15.9 Å². The Morgan fingerprint density at radius 2 is 1.75 bits per heavy atom. The van der Waals surface area contributed by atoms with Crippen molar-refractivity contribution in [1.29, 1.82) is 0 Å². The second-order valence-corrected chi connectivity index (χ2v) is 7.96. The fraction of sp³-hybridized carbons (Fsp3) is 0.167. The van der Waals surface area contributed by atoms with Gasteiger partial charge in [0.25, 0.3) is 11.8 Å². The van der Waals surface area contributed by atoms with Gasteiger partial charge in [0.1, 0.15) is 6.54 Å². The molecule has 146 valence electrons. The first-order valence-electron chi connectivity index (χ1n) is 8.32. The topological polar surface area (TPSA) is 120 Å². The Bertz CT molecular complexity index is 1050. The zero-order valence-corrected chi connectivity index (χ0v) is 16.1. The molecule has 1 aliphatic rings. The fourth-order valence-electron chi connectivity index (χ4n) is 2.51. The number of hydrogen-bond acceptors (Lipinski definition) is 6. The lowest BCUT2D eigenvalue weighted by atomic mass is 10.2. The molecule has 2 amide bonds. The van der Waals surface area contributed by atoms with Gasteiger partial charge in [0.15, 0.2) is 0 Å². The van der Waals surface area contributed by atoms with Crippen molar-refractivity contribution in [3.8, 4) is 0 Å². The quantitative estimate of drug-likeness (QED) is 0.697. The predicted octanol–water partition coefficient (Wildman–Crippen LogP) is 1.25. The maximum absolute atomic E-state index is 12.6. The van der Waals surface area contributed by atoms with Gasteiger partial charge in [0.05, 0.1) is 23.3 Å².